The zero-order valence-corrected chi connectivity index (χ0v) is 17.0. The summed E-state index contributed by atoms with van der Waals surface area (Å²) in [5.41, 5.74) is -0.129. The summed E-state index contributed by atoms with van der Waals surface area (Å²) >= 11 is 0. The van der Waals surface area contributed by atoms with E-state index in [9.17, 15) is 27.9 Å². The third-order valence-electron chi connectivity index (χ3n) is 5.63. The molecular formula is C23H19F3N2O4. The van der Waals surface area contributed by atoms with Gasteiger partial charge in [0.05, 0.1) is 11.3 Å². The molecule has 2 N–H and O–H groups in total. The number of aromatic hydroxyl groups is 1. The van der Waals surface area contributed by atoms with Gasteiger partial charge in [0.15, 0.2) is 5.82 Å². The lowest BCUT2D eigenvalue weighted by atomic mass is 9.97. The summed E-state index contributed by atoms with van der Waals surface area (Å²) in [6.07, 6.45) is -2.59. The lowest BCUT2D eigenvalue weighted by Crippen LogP contribution is -2.21. The van der Waals surface area contributed by atoms with Crippen LogP contribution in [-0.2, 0) is 19.1 Å². The number of alkyl halides is 3. The van der Waals surface area contributed by atoms with Crippen LogP contribution in [0.15, 0.2) is 36.4 Å². The molecule has 9 heteroatoms. The van der Waals surface area contributed by atoms with E-state index >= 15 is 0 Å². The Morgan fingerprint density at radius 2 is 1.88 bits per heavy atom. The molecule has 1 aliphatic heterocycles. The number of aromatic nitrogens is 2. The van der Waals surface area contributed by atoms with Crippen molar-refractivity contribution in [1.82, 2.24) is 9.55 Å². The first kappa shape index (κ1) is 21.6. The van der Waals surface area contributed by atoms with Crippen LogP contribution in [0.1, 0.15) is 56.2 Å². The van der Waals surface area contributed by atoms with Gasteiger partial charge in [-0.15, -0.1) is 0 Å². The fraction of sp³-hybridized carbons (Fsp3) is 0.261. The van der Waals surface area contributed by atoms with Crippen molar-refractivity contribution in [3.05, 3.63) is 70.2 Å². The van der Waals surface area contributed by atoms with Gasteiger partial charge in [-0.3, -0.25) is 4.79 Å². The molecule has 0 bridgehead atoms. The van der Waals surface area contributed by atoms with Crippen LogP contribution in [0.2, 0.25) is 0 Å². The number of hydrogen-bond donors (Lipinski definition) is 2. The Bertz CT molecular complexity index is 1240. The van der Waals surface area contributed by atoms with Crippen LogP contribution in [0.3, 0.4) is 0 Å². The summed E-state index contributed by atoms with van der Waals surface area (Å²) in [4.78, 5) is 28.9. The smallest absolute Gasteiger partial charge is 0.417 e. The zero-order chi connectivity index (χ0) is 23.2. The standard InChI is InChI=1S/C23H19F3N2O4/c1-12-5-4-6-15(23(24,25)26)18(12)20(30)21-27-19(16-7-2-3-10-28(16)21)13-8-9-14(22(31)32)17(29)11-13/h4-6,8-9,11,29H,2-3,7,10H2,1H3,(H,31,32). The monoisotopic (exact) mass is 444 g/mol. The maximum atomic E-state index is 13.6. The molecule has 0 radical (unpaired) electrons. The second-order valence-electron chi connectivity index (χ2n) is 7.70. The molecule has 0 saturated carbocycles. The Kier molecular flexibility index (Phi) is 5.28. The van der Waals surface area contributed by atoms with Crippen molar-refractivity contribution < 1.29 is 33.0 Å². The molecule has 1 aliphatic rings. The van der Waals surface area contributed by atoms with Crippen molar-refractivity contribution >= 4 is 11.8 Å². The lowest BCUT2D eigenvalue weighted by molar-refractivity contribution is -0.137. The van der Waals surface area contributed by atoms with Crippen molar-refractivity contribution in [2.24, 2.45) is 0 Å². The minimum absolute atomic E-state index is 0.101. The van der Waals surface area contributed by atoms with Crippen molar-refractivity contribution in [2.75, 3.05) is 0 Å². The molecule has 3 aromatic rings. The summed E-state index contributed by atoms with van der Waals surface area (Å²) in [6.45, 7) is 1.88. The van der Waals surface area contributed by atoms with Gasteiger partial charge in [-0.1, -0.05) is 18.2 Å². The number of aromatic carboxylic acids is 1. The molecule has 0 aliphatic carbocycles. The van der Waals surface area contributed by atoms with E-state index in [4.69, 9.17) is 5.11 Å². The molecule has 0 amide bonds. The molecule has 4 rings (SSSR count). The van der Waals surface area contributed by atoms with E-state index in [2.05, 4.69) is 4.98 Å². The number of hydrogen-bond acceptors (Lipinski definition) is 4. The Morgan fingerprint density at radius 1 is 1.12 bits per heavy atom. The third-order valence-corrected chi connectivity index (χ3v) is 5.63. The highest BCUT2D eigenvalue weighted by atomic mass is 19.4. The molecular weight excluding hydrogens is 425 g/mol. The van der Waals surface area contributed by atoms with Gasteiger partial charge in [0.2, 0.25) is 5.78 Å². The maximum absolute atomic E-state index is 13.6. The van der Waals surface area contributed by atoms with Crippen LogP contribution in [-0.4, -0.2) is 31.5 Å². The van der Waals surface area contributed by atoms with Crippen molar-refractivity contribution in [2.45, 2.75) is 38.9 Å². The summed E-state index contributed by atoms with van der Waals surface area (Å²) in [7, 11) is 0. The van der Waals surface area contributed by atoms with Gasteiger partial charge >= 0.3 is 12.1 Å². The molecule has 0 fully saturated rings. The van der Waals surface area contributed by atoms with Crippen LogP contribution in [0, 0.1) is 6.92 Å². The highest BCUT2D eigenvalue weighted by molar-refractivity contribution is 6.09. The number of carboxylic acids is 1. The number of benzene rings is 2. The van der Waals surface area contributed by atoms with Gasteiger partial charge in [0.1, 0.15) is 11.3 Å². The lowest BCUT2D eigenvalue weighted by Gasteiger charge is -2.18. The number of carboxylic acid groups (broad SMARTS) is 1. The van der Waals surface area contributed by atoms with Gasteiger partial charge in [-0.05, 0) is 49.9 Å². The highest BCUT2D eigenvalue weighted by Crippen LogP contribution is 2.36. The van der Waals surface area contributed by atoms with E-state index in [0.717, 1.165) is 18.9 Å². The summed E-state index contributed by atoms with van der Waals surface area (Å²) in [5.74, 6) is -2.68. The molecule has 0 unspecified atom stereocenters. The average molecular weight is 444 g/mol. The van der Waals surface area contributed by atoms with Gasteiger partial charge in [-0.2, -0.15) is 13.2 Å². The van der Waals surface area contributed by atoms with Gasteiger partial charge in [0, 0.05) is 23.4 Å². The topological polar surface area (TPSA) is 92.4 Å². The number of nitrogens with zero attached hydrogens (tertiary/aromatic N) is 2. The molecule has 32 heavy (non-hydrogen) atoms. The van der Waals surface area contributed by atoms with E-state index < -0.39 is 34.8 Å². The van der Waals surface area contributed by atoms with Gasteiger partial charge < -0.3 is 14.8 Å². The Labute approximate surface area is 181 Å². The quantitative estimate of drug-likeness (QED) is 0.562. The number of fused-ring (bicyclic) bond motifs is 1. The number of imidazole rings is 1. The van der Waals surface area contributed by atoms with Gasteiger partial charge in [-0.25, -0.2) is 9.78 Å². The van der Waals surface area contributed by atoms with Crippen LogP contribution in [0.5, 0.6) is 5.75 Å². The zero-order valence-electron chi connectivity index (χ0n) is 17.0. The number of aryl methyl sites for hydroxylation is 1. The van der Waals surface area contributed by atoms with Crippen LogP contribution in [0.25, 0.3) is 11.3 Å². The van der Waals surface area contributed by atoms with Crippen molar-refractivity contribution in [3.8, 4) is 17.0 Å². The minimum Gasteiger partial charge on any atom is -0.507 e. The molecule has 6 nitrogen and oxygen atoms in total. The van der Waals surface area contributed by atoms with Crippen molar-refractivity contribution in [3.63, 3.8) is 0 Å². The van der Waals surface area contributed by atoms with E-state index in [-0.39, 0.29) is 17.0 Å². The summed E-state index contributed by atoms with van der Waals surface area (Å²) in [6, 6.07) is 7.52. The highest BCUT2D eigenvalue weighted by Gasteiger charge is 2.37. The largest absolute Gasteiger partial charge is 0.507 e. The van der Waals surface area contributed by atoms with E-state index in [1.54, 1.807) is 4.57 Å². The van der Waals surface area contributed by atoms with Crippen LogP contribution in [0.4, 0.5) is 13.2 Å². The van der Waals surface area contributed by atoms with E-state index in [1.807, 2.05) is 0 Å². The number of rotatable bonds is 4. The maximum Gasteiger partial charge on any atom is 0.417 e. The molecule has 2 heterocycles. The first-order valence-electron chi connectivity index (χ1n) is 9.97. The fourth-order valence-electron chi connectivity index (χ4n) is 4.12. The predicted octanol–water partition coefficient (Wildman–Crippen LogP) is 4.85. The molecule has 166 valence electrons. The SMILES string of the molecule is Cc1cccc(C(F)(F)F)c1C(=O)c1nc(-c2ccc(C(=O)O)c(O)c2)c2n1CCCC2. The van der Waals surface area contributed by atoms with E-state index in [0.29, 0.717) is 29.9 Å². The Hall–Kier alpha value is -3.62. The summed E-state index contributed by atoms with van der Waals surface area (Å²) in [5, 5.41) is 19.2. The van der Waals surface area contributed by atoms with Crippen LogP contribution < -0.4 is 0 Å². The van der Waals surface area contributed by atoms with Crippen LogP contribution >= 0.6 is 0 Å². The van der Waals surface area contributed by atoms with E-state index in [1.165, 1.54) is 37.3 Å². The normalized spacial score (nSPS) is 13.6. The first-order chi connectivity index (χ1) is 15.1. The minimum atomic E-state index is -4.70. The molecule has 0 atom stereocenters. The molecule has 0 spiro atoms. The Balaban J connectivity index is 1.88. The fourth-order valence-corrected chi connectivity index (χ4v) is 4.12. The predicted molar refractivity (Wildman–Crippen MR) is 109 cm³/mol. The number of ketones is 1. The first-order valence-corrected chi connectivity index (χ1v) is 9.97. The third kappa shape index (κ3) is 3.63. The molecule has 2 aromatic carbocycles. The second kappa shape index (κ2) is 7.81. The summed E-state index contributed by atoms with van der Waals surface area (Å²) < 4.78 is 42.5. The molecule has 0 saturated heterocycles. The van der Waals surface area contributed by atoms with Gasteiger partial charge in [0.25, 0.3) is 0 Å². The van der Waals surface area contributed by atoms with Crippen molar-refractivity contribution in [1.29, 1.82) is 0 Å². The molecule has 1 aromatic heterocycles. The number of halogens is 3. The average Bonchev–Trinajstić information content (AvgIpc) is 3.12. The number of carbonyl (C=O) groups excluding carboxylic acids is 1. The Morgan fingerprint density at radius 3 is 2.53 bits per heavy atom. The number of phenols is 1. The number of carbonyl (C=O) groups is 2. The second-order valence-corrected chi connectivity index (χ2v) is 7.70.